The lowest BCUT2D eigenvalue weighted by Crippen LogP contribution is -2.15. The van der Waals surface area contributed by atoms with Gasteiger partial charge in [0.15, 0.2) is 17.3 Å². The number of carbonyl (C=O) groups excluding carboxylic acids is 1. The number of hydrogen-bond donors (Lipinski definition) is 0. The maximum absolute atomic E-state index is 12.0. The van der Waals surface area contributed by atoms with Crippen molar-refractivity contribution < 1.29 is 14.3 Å². The van der Waals surface area contributed by atoms with E-state index in [1.807, 2.05) is 20.8 Å². The maximum Gasteiger partial charge on any atom is 0.174 e. The Morgan fingerprint density at radius 3 is 2.58 bits per heavy atom. The molecule has 0 atom stereocenters. The first-order valence-corrected chi connectivity index (χ1v) is 6.38. The van der Waals surface area contributed by atoms with E-state index in [1.54, 1.807) is 18.2 Å². The van der Waals surface area contributed by atoms with Gasteiger partial charge in [-0.1, -0.05) is 11.8 Å². The van der Waals surface area contributed by atoms with Crippen LogP contribution in [0.15, 0.2) is 18.2 Å². The normalized spacial score (nSPS) is 13.4. The second-order valence-electron chi connectivity index (χ2n) is 5.51. The minimum Gasteiger partial charge on any atom is -0.486 e. The third kappa shape index (κ3) is 3.75. The fourth-order valence-electron chi connectivity index (χ4n) is 1.71. The van der Waals surface area contributed by atoms with Crippen LogP contribution >= 0.6 is 0 Å². The van der Waals surface area contributed by atoms with Crippen molar-refractivity contribution in [1.29, 1.82) is 0 Å². The van der Waals surface area contributed by atoms with Crippen LogP contribution in [0.25, 0.3) is 0 Å². The molecule has 1 aliphatic rings. The molecule has 100 valence electrons. The Kier molecular flexibility index (Phi) is 3.80. The molecule has 0 saturated heterocycles. The average Bonchev–Trinajstić information content (AvgIpc) is 2.36. The first-order valence-electron chi connectivity index (χ1n) is 6.38. The number of carbonyl (C=O) groups is 1. The van der Waals surface area contributed by atoms with Crippen LogP contribution in [0.1, 0.15) is 37.6 Å². The van der Waals surface area contributed by atoms with E-state index in [4.69, 9.17) is 9.47 Å². The highest BCUT2D eigenvalue weighted by Crippen LogP contribution is 2.31. The third-order valence-corrected chi connectivity index (χ3v) is 2.58. The van der Waals surface area contributed by atoms with E-state index >= 15 is 0 Å². The predicted molar refractivity (Wildman–Crippen MR) is 73.6 cm³/mol. The van der Waals surface area contributed by atoms with E-state index in [-0.39, 0.29) is 17.6 Å². The van der Waals surface area contributed by atoms with Crippen LogP contribution in [0, 0.1) is 17.3 Å². The van der Waals surface area contributed by atoms with E-state index in [1.165, 1.54) is 0 Å². The molecule has 0 radical (unpaired) electrons. The summed E-state index contributed by atoms with van der Waals surface area (Å²) in [6.07, 6.45) is 0.233. The lowest BCUT2D eigenvalue weighted by Gasteiger charge is -2.18. The molecule has 0 unspecified atom stereocenters. The zero-order valence-electron chi connectivity index (χ0n) is 11.6. The zero-order chi connectivity index (χ0) is 13.9. The molecule has 2 rings (SSSR count). The molecule has 19 heavy (non-hydrogen) atoms. The van der Waals surface area contributed by atoms with Gasteiger partial charge in [-0.3, -0.25) is 4.79 Å². The number of Topliss-reactive ketones (excluding diaryl/α,β-unsaturated/α-hetero) is 1. The highest BCUT2D eigenvalue weighted by Gasteiger charge is 2.14. The topological polar surface area (TPSA) is 35.5 Å². The van der Waals surface area contributed by atoms with Crippen LogP contribution in [0.4, 0.5) is 0 Å². The fourth-order valence-corrected chi connectivity index (χ4v) is 1.71. The molecule has 0 N–H and O–H groups in total. The number of rotatable bonds is 2. The van der Waals surface area contributed by atoms with Gasteiger partial charge in [0.1, 0.15) is 13.2 Å². The molecule has 3 nitrogen and oxygen atoms in total. The number of fused-ring (bicyclic) bond motifs is 1. The highest BCUT2D eigenvalue weighted by molar-refractivity contribution is 5.98. The van der Waals surface area contributed by atoms with Crippen molar-refractivity contribution in [1.82, 2.24) is 0 Å². The molecule has 0 amide bonds. The second-order valence-corrected chi connectivity index (χ2v) is 5.51. The Labute approximate surface area is 113 Å². The second kappa shape index (κ2) is 5.36. The standard InChI is InChI=1S/C16H18O3/c1-16(2,3)8-4-5-13(17)12-6-7-14-15(11-12)19-10-9-18-14/h6-7,11H,5,9-10H2,1-3H3. The van der Waals surface area contributed by atoms with Gasteiger partial charge in [-0.2, -0.15) is 0 Å². The SMILES string of the molecule is CC(C)(C)C#CCC(=O)c1ccc2c(c1)OCCO2. The van der Waals surface area contributed by atoms with Crippen molar-refractivity contribution in [3.8, 4) is 23.3 Å². The van der Waals surface area contributed by atoms with E-state index in [9.17, 15) is 4.79 Å². The summed E-state index contributed by atoms with van der Waals surface area (Å²) in [4.78, 5) is 12.0. The molecule has 0 fully saturated rings. The van der Waals surface area contributed by atoms with Gasteiger partial charge in [-0.25, -0.2) is 0 Å². The largest absolute Gasteiger partial charge is 0.486 e. The van der Waals surface area contributed by atoms with Crippen LogP contribution < -0.4 is 9.47 Å². The molecule has 3 heteroatoms. The zero-order valence-corrected chi connectivity index (χ0v) is 11.6. The molecule has 0 bridgehead atoms. The Morgan fingerprint density at radius 1 is 1.21 bits per heavy atom. The van der Waals surface area contributed by atoms with Gasteiger partial charge in [-0.05, 0) is 39.0 Å². The van der Waals surface area contributed by atoms with Crippen molar-refractivity contribution in [2.24, 2.45) is 5.41 Å². The highest BCUT2D eigenvalue weighted by atomic mass is 16.6. The molecule has 0 aliphatic carbocycles. The van der Waals surface area contributed by atoms with E-state index in [0.29, 0.717) is 30.3 Å². The summed E-state index contributed by atoms with van der Waals surface area (Å²) < 4.78 is 10.9. The third-order valence-electron chi connectivity index (χ3n) is 2.58. The van der Waals surface area contributed by atoms with Crippen molar-refractivity contribution in [3.63, 3.8) is 0 Å². The fraction of sp³-hybridized carbons (Fsp3) is 0.438. The van der Waals surface area contributed by atoms with E-state index < -0.39 is 0 Å². The molecule has 1 aromatic rings. The van der Waals surface area contributed by atoms with Crippen molar-refractivity contribution in [3.05, 3.63) is 23.8 Å². The number of ether oxygens (including phenoxy) is 2. The Balaban J connectivity index is 2.09. The van der Waals surface area contributed by atoms with Gasteiger partial charge < -0.3 is 9.47 Å². The summed E-state index contributed by atoms with van der Waals surface area (Å²) in [7, 11) is 0. The molecular formula is C16H18O3. The van der Waals surface area contributed by atoms with Gasteiger partial charge in [0.05, 0.1) is 6.42 Å². The summed E-state index contributed by atoms with van der Waals surface area (Å²) in [5.74, 6) is 7.34. The first kappa shape index (κ1) is 13.5. The number of ketones is 1. The lowest BCUT2D eigenvalue weighted by molar-refractivity contribution is 0.0997. The summed E-state index contributed by atoms with van der Waals surface area (Å²) >= 11 is 0. The first-order chi connectivity index (χ1) is 8.96. The average molecular weight is 258 g/mol. The monoisotopic (exact) mass is 258 g/mol. The van der Waals surface area contributed by atoms with Crippen LogP contribution in [-0.2, 0) is 0 Å². The van der Waals surface area contributed by atoms with Gasteiger partial charge in [0, 0.05) is 11.0 Å². The van der Waals surface area contributed by atoms with Crippen LogP contribution in [0.3, 0.4) is 0 Å². The number of benzene rings is 1. The van der Waals surface area contributed by atoms with Gasteiger partial charge in [-0.15, -0.1) is 0 Å². The van der Waals surface area contributed by atoms with E-state index in [2.05, 4.69) is 11.8 Å². The maximum atomic E-state index is 12.0. The van der Waals surface area contributed by atoms with E-state index in [0.717, 1.165) is 0 Å². The van der Waals surface area contributed by atoms with Crippen LogP contribution in [0.5, 0.6) is 11.5 Å². The summed E-state index contributed by atoms with van der Waals surface area (Å²) in [6.45, 7) is 7.14. The Morgan fingerprint density at radius 2 is 1.89 bits per heavy atom. The molecule has 0 spiro atoms. The summed E-state index contributed by atoms with van der Waals surface area (Å²) in [5, 5.41) is 0. The Hall–Kier alpha value is -1.95. The van der Waals surface area contributed by atoms with Gasteiger partial charge >= 0.3 is 0 Å². The van der Waals surface area contributed by atoms with Gasteiger partial charge in [0.25, 0.3) is 0 Å². The lowest BCUT2D eigenvalue weighted by atomic mass is 9.97. The van der Waals surface area contributed by atoms with Crippen molar-refractivity contribution in [2.75, 3.05) is 13.2 Å². The Bertz CT molecular complexity index is 541. The minimum absolute atomic E-state index is 0.00808. The smallest absolute Gasteiger partial charge is 0.174 e. The van der Waals surface area contributed by atoms with Gasteiger partial charge in [0.2, 0.25) is 0 Å². The van der Waals surface area contributed by atoms with Crippen LogP contribution in [0.2, 0.25) is 0 Å². The molecule has 1 aliphatic heterocycles. The molecule has 1 heterocycles. The molecule has 0 aromatic heterocycles. The van der Waals surface area contributed by atoms with Crippen molar-refractivity contribution >= 4 is 5.78 Å². The van der Waals surface area contributed by atoms with Crippen LogP contribution in [-0.4, -0.2) is 19.0 Å². The quantitative estimate of drug-likeness (QED) is 0.604. The molecular weight excluding hydrogens is 240 g/mol. The minimum atomic E-state index is -0.0763. The number of hydrogen-bond acceptors (Lipinski definition) is 3. The molecule has 0 saturated carbocycles. The predicted octanol–water partition coefficient (Wildman–Crippen LogP) is 3.08. The summed E-state index contributed by atoms with van der Waals surface area (Å²) in [5.41, 5.74) is 0.542. The van der Waals surface area contributed by atoms with Crippen molar-refractivity contribution in [2.45, 2.75) is 27.2 Å². The summed E-state index contributed by atoms with van der Waals surface area (Å²) in [6, 6.07) is 5.27. The molecule has 1 aromatic carbocycles.